The average Bonchev–Trinajstić information content (AvgIpc) is 2.93. The molecule has 3 N–H and O–H groups in total. The van der Waals surface area contributed by atoms with Gasteiger partial charge in [0, 0.05) is 32.3 Å². The first-order valence-electron chi connectivity index (χ1n) is 6.36. The minimum atomic E-state index is -3.82. The van der Waals surface area contributed by atoms with E-state index in [4.69, 9.17) is 5.14 Å². The van der Waals surface area contributed by atoms with Gasteiger partial charge in [-0.15, -0.1) is 0 Å². The Labute approximate surface area is 118 Å². The molecule has 20 heavy (non-hydrogen) atoms. The van der Waals surface area contributed by atoms with E-state index in [0.29, 0.717) is 13.1 Å². The largest absolute Gasteiger partial charge is 0.393 e. The van der Waals surface area contributed by atoms with Crippen LogP contribution in [0.4, 0.5) is 0 Å². The number of amides is 1. The number of nitrogens with two attached hydrogens (primary N) is 1. The van der Waals surface area contributed by atoms with Crippen LogP contribution < -0.4 is 5.14 Å². The molecule has 2 unspecified atom stereocenters. The third kappa shape index (κ3) is 2.87. The topological polar surface area (TPSA) is 106 Å². The summed E-state index contributed by atoms with van der Waals surface area (Å²) in [6, 6.07) is 1.29. The number of hydrogen-bond acceptors (Lipinski definition) is 4. The number of primary sulfonamides is 1. The van der Waals surface area contributed by atoms with Crippen LogP contribution in [-0.4, -0.2) is 48.1 Å². The lowest BCUT2D eigenvalue weighted by atomic mass is 10.0. The van der Waals surface area contributed by atoms with E-state index in [0.717, 1.165) is 6.42 Å². The molecule has 1 aromatic rings. The molecule has 0 radical (unpaired) electrons. The van der Waals surface area contributed by atoms with Crippen LogP contribution in [0.2, 0.25) is 0 Å². The molecule has 1 saturated heterocycles. The zero-order valence-corrected chi connectivity index (χ0v) is 12.3. The van der Waals surface area contributed by atoms with Crippen molar-refractivity contribution in [3.05, 3.63) is 18.0 Å². The van der Waals surface area contributed by atoms with Gasteiger partial charge in [-0.25, -0.2) is 13.6 Å². The fourth-order valence-corrected chi connectivity index (χ4v) is 3.01. The molecular weight excluding hydrogens is 282 g/mol. The molecule has 2 atom stereocenters. The molecule has 8 heteroatoms. The second-order valence-corrected chi connectivity index (χ2v) is 6.82. The normalized spacial score (nSPS) is 21.2. The van der Waals surface area contributed by atoms with Crippen LogP contribution in [0.1, 0.15) is 23.8 Å². The van der Waals surface area contributed by atoms with Gasteiger partial charge >= 0.3 is 0 Å². The molecule has 0 aliphatic carbocycles. The smallest absolute Gasteiger partial charge is 0.270 e. The summed E-state index contributed by atoms with van der Waals surface area (Å²) in [5.41, 5.74) is 0.278. The van der Waals surface area contributed by atoms with Crippen molar-refractivity contribution in [2.45, 2.75) is 24.3 Å². The number of rotatable bonds is 3. The first-order chi connectivity index (χ1) is 9.20. The fourth-order valence-electron chi connectivity index (χ4n) is 2.43. The van der Waals surface area contributed by atoms with Gasteiger partial charge < -0.3 is 14.6 Å². The number of aromatic nitrogens is 1. The lowest BCUT2D eigenvalue weighted by Gasteiger charge is -2.17. The number of nitrogens with zero attached hydrogens (tertiary/aromatic N) is 2. The van der Waals surface area contributed by atoms with Crippen LogP contribution in [0.25, 0.3) is 0 Å². The van der Waals surface area contributed by atoms with Crippen LogP contribution in [-0.2, 0) is 17.1 Å². The predicted molar refractivity (Wildman–Crippen MR) is 72.5 cm³/mol. The number of carbonyl (C=O) groups excluding carboxylic acids is 1. The van der Waals surface area contributed by atoms with Gasteiger partial charge in [-0.2, -0.15) is 0 Å². The van der Waals surface area contributed by atoms with E-state index in [1.807, 2.05) is 0 Å². The van der Waals surface area contributed by atoms with Gasteiger partial charge in [-0.05, 0) is 19.4 Å². The quantitative estimate of drug-likeness (QED) is 0.786. The Balaban J connectivity index is 2.21. The standard InChI is InChI=1S/C12H19N3O4S/c1-8(16)9-3-4-15(6-9)12(17)11-5-10(7-14(11)2)20(13,18)19/h5,7-9,16H,3-4,6H2,1-2H3,(H2,13,18,19). The summed E-state index contributed by atoms with van der Waals surface area (Å²) in [5, 5.41) is 14.6. The summed E-state index contributed by atoms with van der Waals surface area (Å²) >= 11 is 0. The van der Waals surface area contributed by atoms with Gasteiger partial charge in [0.25, 0.3) is 5.91 Å². The number of sulfonamides is 1. The van der Waals surface area contributed by atoms with Crippen molar-refractivity contribution < 1.29 is 18.3 Å². The minimum absolute atomic E-state index is 0.0666. The van der Waals surface area contributed by atoms with Gasteiger partial charge in [-0.1, -0.05) is 0 Å². The predicted octanol–water partition coefficient (Wildman–Crippen LogP) is -0.485. The SMILES string of the molecule is CC(O)C1CCN(C(=O)c2cc(S(N)(=O)=O)cn2C)C1. The van der Waals surface area contributed by atoms with Crippen LogP contribution in [0.3, 0.4) is 0 Å². The molecule has 1 fully saturated rings. The summed E-state index contributed by atoms with van der Waals surface area (Å²) in [4.78, 5) is 13.9. The second-order valence-electron chi connectivity index (χ2n) is 5.26. The third-order valence-corrected chi connectivity index (χ3v) is 4.60. The lowest BCUT2D eigenvalue weighted by Crippen LogP contribution is -2.31. The highest BCUT2D eigenvalue weighted by Gasteiger charge is 2.31. The molecule has 1 aromatic heterocycles. The molecule has 2 heterocycles. The summed E-state index contributed by atoms with van der Waals surface area (Å²) in [5.74, 6) is -0.178. The van der Waals surface area contributed by atoms with Gasteiger partial charge in [0.05, 0.1) is 6.10 Å². The van der Waals surface area contributed by atoms with Crippen molar-refractivity contribution in [2.75, 3.05) is 13.1 Å². The van der Waals surface area contributed by atoms with Crippen molar-refractivity contribution in [3.63, 3.8) is 0 Å². The van der Waals surface area contributed by atoms with E-state index >= 15 is 0 Å². The number of likely N-dealkylation sites (tertiary alicyclic amines) is 1. The average molecular weight is 301 g/mol. The van der Waals surface area contributed by atoms with Gasteiger partial charge in [0.1, 0.15) is 10.6 Å². The Morgan fingerprint density at radius 1 is 1.55 bits per heavy atom. The molecule has 112 valence electrons. The van der Waals surface area contributed by atoms with E-state index in [1.54, 1.807) is 18.9 Å². The first-order valence-corrected chi connectivity index (χ1v) is 7.91. The maximum atomic E-state index is 12.4. The lowest BCUT2D eigenvalue weighted by molar-refractivity contribution is 0.0753. The minimum Gasteiger partial charge on any atom is -0.393 e. The van der Waals surface area contributed by atoms with Crippen molar-refractivity contribution in [2.24, 2.45) is 18.1 Å². The Kier molecular flexibility index (Phi) is 3.90. The molecule has 1 aliphatic heterocycles. The third-order valence-electron chi connectivity index (χ3n) is 3.72. The van der Waals surface area contributed by atoms with Crippen LogP contribution >= 0.6 is 0 Å². The van der Waals surface area contributed by atoms with E-state index < -0.39 is 16.1 Å². The maximum absolute atomic E-state index is 12.4. The number of aryl methyl sites for hydroxylation is 1. The first kappa shape index (κ1) is 15.0. The molecule has 1 amide bonds. The Morgan fingerprint density at radius 2 is 2.20 bits per heavy atom. The molecule has 0 aromatic carbocycles. The highest BCUT2D eigenvalue weighted by atomic mass is 32.2. The van der Waals surface area contributed by atoms with Crippen LogP contribution in [0.5, 0.6) is 0 Å². The summed E-state index contributed by atoms with van der Waals surface area (Å²) in [6.45, 7) is 2.75. The molecule has 7 nitrogen and oxygen atoms in total. The van der Waals surface area contributed by atoms with Crippen molar-refractivity contribution in [1.82, 2.24) is 9.47 Å². The monoisotopic (exact) mass is 301 g/mol. The van der Waals surface area contributed by atoms with E-state index in [2.05, 4.69) is 0 Å². The highest BCUT2D eigenvalue weighted by molar-refractivity contribution is 7.89. The molecule has 0 saturated carbocycles. The van der Waals surface area contributed by atoms with E-state index in [9.17, 15) is 18.3 Å². The van der Waals surface area contributed by atoms with Crippen molar-refractivity contribution >= 4 is 15.9 Å². The Morgan fingerprint density at radius 3 is 2.65 bits per heavy atom. The second kappa shape index (κ2) is 5.19. The highest BCUT2D eigenvalue weighted by Crippen LogP contribution is 2.22. The Bertz CT molecular complexity index is 621. The molecule has 1 aliphatic rings. The van der Waals surface area contributed by atoms with Gasteiger partial charge in [-0.3, -0.25) is 4.79 Å². The maximum Gasteiger partial charge on any atom is 0.270 e. The Hall–Kier alpha value is -1.38. The van der Waals surface area contributed by atoms with Crippen molar-refractivity contribution in [3.8, 4) is 0 Å². The van der Waals surface area contributed by atoms with Crippen LogP contribution in [0.15, 0.2) is 17.2 Å². The van der Waals surface area contributed by atoms with Crippen LogP contribution in [0, 0.1) is 5.92 Å². The summed E-state index contributed by atoms with van der Waals surface area (Å²) in [6.07, 6.45) is 1.61. The zero-order valence-electron chi connectivity index (χ0n) is 11.5. The number of hydrogen-bond donors (Lipinski definition) is 2. The van der Waals surface area contributed by atoms with Gasteiger partial charge in [0.2, 0.25) is 10.0 Å². The number of aliphatic hydroxyl groups excluding tert-OH is 1. The molecule has 2 rings (SSSR count). The summed E-state index contributed by atoms with van der Waals surface area (Å²) in [7, 11) is -2.22. The van der Waals surface area contributed by atoms with E-state index in [-0.39, 0.29) is 22.4 Å². The summed E-state index contributed by atoms with van der Waals surface area (Å²) < 4.78 is 24.0. The molecule has 0 bridgehead atoms. The van der Waals surface area contributed by atoms with Gasteiger partial charge in [0.15, 0.2) is 0 Å². The van der Waals surface area contributed by atoms with Crippen molar-refractivity contribution in [1.29, 1.82) is 0 Å². The molecule has 0 spiro atoms. The zero-order chi connectivity index (χ0) is 15.1. The van der Waals surface area contributed by atoms with E-state index in [1.165, 1.54) is 16.8 Å². The molecular formula is C12H19N3O4S. The number of carbonyl (C=O) groups is 1. The number of aliphatic hydroxyl groups is 1. The fraction of sp³-hybridized carbons (Fsp3) is 0.583.